The van der Waals surface area contributed by atoms with Crippen LogP contribution in [-0.4, -0.2) is 43.1 Å². The molecule has 3 aromatic carbocycles. The molecule has 5 rings (SSSR count). The number of benzene rings is 3. The Labute approximate surface area is 213 Å². The Bertz CT molecular complexity index is 1050. The predicted molar refractivity (Wildman–Crippen MR) is 138 cm³/mol. The Morgan fingerprint density at radius 1 is 0.833 bits per heavy atom. The van der Waals surface area contributed by atoms with Gasteiger partial charge in [0, 0.05) is 0 Å². The number of hydrogen-bond acceptors (Lipinski definition) is 5. The molecule has 2 heterocycles. The van der Waals surface area contributed by atoms with Crippen molar-refractivity contribution in [3.63, 3.8) is 0 Å². The van der Waals surface area contributed by atoms with Crippen LogP contribution in [-0.2, 0) is 29.3 Å². The van der Waals surface area contributed by atoms with Crippen LogP contribution in [0.1, 0.15) is 37.5 Å². The fourth-order valence-corrected chi connectivity index (χ4v) is 5.49. The monoisotopic (exact) mass is 486 g/mol. The molecule has 0 amide bonds. The highest BCUT2D eigenvalue weighted by Gasteiger charge is 2.64. The third-order valence-electron chi connectivity index (χ3n) is 6.92. The summed E-state index contributed by atoms with van der Waals surface area (Å²) in [5.41, 5.74) is 1.48. The zero-order chi connectivity index (χ0) is 25.2. The van der Waals surface area contributed by atoms with Gasteiger partial charge < -0.3 is 23.7 Å². The number of fused-ring (bicyclic) bond motifs is 1. The summed E-state index contributed by atoms with van der Waals surface area (Å²) in [6, 6.07) is 30.9. The van der Waals surface area contributed by atoms with Gasteiger partial charge in [0.1, 0.15) is 23.4 Å². The van der Waals surface area contributed by atoms with E-state index in [2.05, 4.69) is 43.0 Å². The Kier molecular flexibility index (Phi) is 6.86. The molecule has 2 saturated heterocycles. The van der Waals surface area contributed by atoms with Gasteiger partial charge in [-0.3, -0.25) is 0 Å². The van der Waals surface area contributed by atoms with Gasteiger partial charge in [-0.1, -0.05) is 97.1 Å². The minimum atomic E-state index is -0.849. The third kappa shape index (κ3) is 4.42. The van der Waals surface area contributed by atoms with Crippen LogP contribution in [0.3, 0.4) is 0 Å². The Hall–Kier alpha value is -2.80. The first-order valence-corrected chi connectivity index (χ1v) is 12.5. The van der Waals surface area contributed by atoms with Crippen LogP contribution in [0.5, 0.6) is 0 Å². The standard InChI is InChI=1S/C31H34O5/c1-5-21-32-28-30(4)27(35-29(2,3)36-30)26(34-28)22-33-31(23-15-9-6-10-16-23,24-17-11-7-12-18-24)25-19-13-8-14-20-25/h5-20,26-28H,1,21-22H2,2-4H3/t26?,27-,28?,30-/m1/s1. The Morgan fingerprint density at radius 2 is 1.33 bits per heavy atom. The molecule has 0 bridgehead atoms. The molecule has 4 atom stereocenters. The Balaban J connectivity index is 1.54. The molecular formula is C31H34O5. The molecule has 2 unspecified atom stereocenters. The molecule has 0 saturated carbocycles. The van der Waals surface area contributed by atoms with E-state index in [1.807, 2.05) is 75.4 Å². The average molecular weight is 487 g/mol. The summed E-state index contributed by atoms with van der Waals surface area (Å²) < 4.78 is 32.0. The molecule has 2 aliphatic heterocycles. The maximum atomic E-state index is 7.01. The lowest BCUT2D eigenvalue weighted by molar-refractivity contribution is -0.258. The van der Waals surface area contributed by atoms with Gasteiger partial charge in [-0.25, -0.2) is 0 Å². The number of rotatable bonds is 9. The fraction of sp³-hybridized carbons (Fsp3) is 0.355. The normalized spacial score (nSPS) is 27.0. The average Bonchev–Trinajstić information content (AvgIpc) is 3.30. The first-order chi connectivity index (χ1) is 17.4. The maximum absolute atomic E-state index is 7.01. The van der Waals surface area contributed by atoms with Gasteiger partial charge in [0.05, 0.1) is 13.2 Å². The van der Waals surface area contributed by atoms with E-state index in [4.69, 9.17) is 23.7 Å². The largest absolute Gasteiger partial charge is 0.358 e. The van der Waals surface area contributed by atoms with Gasteiger partial charge in [-0.15, -0.1) is 6.58 Å². The second-order valence-electron chi connectivity index (χ2n) is 9.94. The van der Waals surface area contributed by atoms with Crippen LogP contribution >= 0.6 is 0 Å². The summed E-state index contributed by atoms with van der Waals surface area (Å²) in [7, 11) is 0. The first-order valence-electron chi connectivity index (χ1n) is 12.5. The smallest absolute Gasteiger partial charge is 0.190 e. The zero-order valence-corrected chi connectivity index (χ0v) is 21.1. The lowest BCUT2D eigenvalue weighted by Gasteiger charge is -2.37. The summed E-state index contributed by atoms with van der Waals surface area (Å²) in [5, 5.41) is 0. The van der Waals surface area contributed by atoms with Crippen LogP contribution < -0.4 is 0 Å². The summed E-state index contributed by atoms with van der Waals surface area (Å²) in [4.78, 5) is 0. The van der Waals surface area contributed by atoms with Crippen molar-refractivity contribution in [1.82, 2.24) is 0 Å². The minimum Gasteiger partial charge on any atom is -0.358 e. The second-order valence-corrected chi connectivity index (χ2v) is 9.94. The molecule has 0 N–H and O–H groups in total. The summed E-state index contributed by atoms with van der Waals surface area (Å²) in [5.74, 6) is -0.757. The van der Waals surface area contributed by atoms with Crippen molar-refractivity contribution < 1.29 is 23.7 Å². The van der Waals surface area contributed by atoms with Crippen LogP contribution in [0.25, 0.3) is 0 Å². The van der Waals surface area contributed by atoms with Gasteiger partial charge in [0.25, 0.3) is 0 Å². The van der Waals surface area contributed by atoms with Crippen molar-refractivity contribution in [2.45, 2.75) is 56.3 Å². The molecular weight excluding hydrogens is 452 g/mol. The molecule has 2 aliphatic rings. The molecule has 0 radical (unpaired) electrons. The van der Waals surface area contributed by atoms with E-state index in [1.54, 1.807) is 6.08 Å². The summed E-state index contributed by atoms with van der Waals surface area (Å²) in [6.45, 7) is 10.2. The third-order valence-corrected chi connectivity index (χ3v) is 6.92. The summed E-state index contributed by atoms with van der Waals surface area (Å²) in [6.07, 6.45) is 0.345. The molecule has 5 heteroatoms. The van der Waals surface area contributed by atoms with Crippen molar-refractivity contribution in [3.05, 3.63) is 120 Å². The molecule has 0 aliphatic carbocycles. The van der Waals surface area contributed by atoms with E-state index in [1.165, 1.54) is 0 Å². The summed E-state index contributed by atoms with van der Waals surface area (Å²) >= 11 is 0. The van der Waals surface area contributed by atoms with Gasteiger partial charge in [-0.05, 0) is 37.5 Å². The fourth-order valence-electron chi connectivity index (χ4n) is 5.49. The van der Waals surface area contributed by atoms with E-state index < -0.39 is 29.4 Å². The van der Waals surface area contributed by atoms with Crippen molar-refractivity contribution in [3.8, 4) is 0 Å². The van der Waals surface area contributed by atoms with Crippen LogP contribution in [0.4, 0.5) is 0 Å². The predicted octanol–water partition coefficient (Wildman–Crippen LogP) is 5.83. The maximum Gasteiger partial charge on any atom is 0.190 e. The van der Waals surface area contributed by atoms with E-state index in [0.717, 1.165) is 16.7 Å². The van der Waals surface area contributed by atoms with Gasteiger partial charge in [-0.2, -0.15) is 0 Å². The highest BCUT2D eigenvalue weighted by Crippen LogP contribution is 2.48. The highest BCUT2D eigenvalue weighted by atomic mass is 16.8. The van der Waals surface area contributed by atoms with Crippen LogP contribution in [0.2, 0.25) is 0 Å². The molecule has 36 heavy (non-hydrogen) atoms. The number of hydrogen-bond donors (Lipinski definition) is 0. The van der Waals surface area contributed by atoms with Gasteiger partial charge in [0.15, 0.2) is 12.1 Å². The van der Waals surface area contributed by atoms with E-state index >= 15 is 0 Å². The topological polar surface area (TPSA) is 46.2 Å². The van der Waals surface area contributed by atoms with Crippen molar-refractivity contribution in [2.75, 3.05) is 13.2 Å². The van der Waals surface area contributed by atoms with E-state index in [0.29, 0.717) is 6.61 Å². The van der Waals surface area contributed by atoms with Gasteiger partial charge >= 0.3 is 0 Å². The minimum absolute atomic E-state index is 0.270. The molecule has 188 valence electrons. The molecule has 0 spiro atoms. The van der Waals surface area contributed by atoms with E-state index in [9.17, 15) is 0 Å². The van der Waals surface area contributed by atoms with Crippen molar-refractivity contribution in [1.29, 1.82) is 0 Å². The molecule has 5 nitrogen and oxygen atoms in total. The second kappa shape index (κ2) is 9.92. The first kappa shape index (κ1) is 24.9. The van der Waals surface area contributed by atoms with Crippen LogP contribution in [0.15, 0.2) is 104 Å². The van der Waals surface area contributed by atoms with Crippen LogP contribution in [0, 0.1) is 0 Å². The molecule has 0 aromatic heterocycles. The Morgan fingerprint density at radius 3 is 1.81 bits per heavy atom. The van der Waals surface area contributed by atoms with Gasteiger partial charge in [0.2, 0.25) is 0 Å². The lowest BCUT2D eigenvalue weighted by Crippen LogP contribution is -2.45. The molecule has 2 fully saturated rings. The van der Waals surface area contributed by atoms with E-state index in [-0.39, 0.29) is 12.7 Å². The highest BCUT2D eigenvalue weighted by molar-refractivity contribution is 5.47. The van der Waals surface area contributed by atoms with Crippen molar-refractivity contribution in [2.24, 2.45) is 0 Å². The van der Waals surface area contributed by atoms with Crippen molar-refractivity contribution >= 4 is 0 Å². The molecule has 3 aromatic rings. The quantitative estimate of drug-likeness (QED) is 0.281. The number of ether oxygens (including phenoxy) is 5. The lowest BCUT2D eigenvalue weighted by atomic mass is 9.80. The SMILES string of the molecule is C=CCOC1OC(COC(c2ccccc2)(c2ccccc2)c2ccccc2)[C@H]2OC(C)(C)O[C@@]12C. The zero-order valence-electron chi connectivity index (χ0n) is 21.1.